The van der Waals surface area contributed by atoms with E-state index in [4.69, 9.17) is 15.6 Å². The Labute approximate surface area is 153 Å². The number of ether oxygens (including phenoxy) is 1. The number of halogens is 1. The molecule has 1 aromatic rings. The second kappa shape index (κ2) is 8.90. The fourth-order valence-corrected chi connectivity index (χ4v) is 3.18. The first-order valence-electron chi connectivity index (χ1n) is 8.86. The molecule has 2 aliphatic heterocycles. The molecule has 0 aliphatic carbocycles. The van der Waals surface area contributed by atoms with Gasteiger partial charge in [-0.2, -0.15) is 0 Å². The van der Waals surface area contributed by atoms with Gasteiger partial charge in [-0.1, -0.05) is 11.8 Å². The SMILES string of the molecule is NCC1CCN(N2C=CN(c3ccc(OCC#CCO)c(F)c3)C2)CC1. The summed E-state index contributed by atoms with van der Waals surface area (Å²) in [4.78, 5) is 1.99. The molecule has 140 valence electrons. The minimum absolute atomic E-state index is 0.0486. The van der Waals surface area contributed by atoms with Crippen LogP contribution in [0.3, 0.4) is 0 Å². The van der Waals surface area contributed by atoms with Gasteiger partial charge in [0.1, 0.15) is 19.9 Å². The van der Waals surface area contributed by atoms with Crippen molar-refractivity contribution in [3.63, 3.8) is 0 Å². The van der Waals surface area contributed by atoms with Crippen molar-refractivity contribution in [2.45, 2.75) is 12.8 Å². The summed E-state index contributed by atoms with van der Waals surface area (Å²) < 4.78 is 19.5. The van der Waals surface area contributed by atoms with E-state index in [0.29, 0.717) is 12.6 Å². The van der Waals surface area contributed by atoms with Crippen molar-refractivity contribution in [2.75, 3.05) is 44.4 Å². The van der Waals surface area contributed by atoms with Gasteiger partial charge in [0.15, 0.2) is 11.6 Å². The zero-order valence-corrected chi connectivity index (χ0v) is 14.8. The highest BCUT2D eigenvalue weighted by Crippen LogP contribution is 2.27. The van der Waals surface area contributed by atoms with Crippen LogP contribution in [0.5, 0.6) is 5.75 Å². The first kappa shape index (κ1) is 18.5. The molecule has 0 saturated carbocycles. The Balaban J connectivity index is 1.55. The lowest BCUT2D eigenvalue weighted by molar-refractivity contribution is -0.000201. The minimum Gasteiger partial charge on any atom is -0.478 e. The van der Waals surface area contributed by atoms with E-state index in [9.17, 15) is 4.39 Å². The number of aliphatic hydroxyl groups excluding tert-OH is 1. The molecule has 0 radical (unpaired) electrons. The molecule has 7 heteroatoms. The topological polar surface area (TPSA) is 65.2 Å². The summed E-state index contributed by atoms with van der Waals surface area (Å²) in [6.45, 7) is 3.23. The molecule has 0 bridgehead atoms. The van der Waals surface area contributed by atoms with Crippen molar-refractivity contribution in [3.05, 3.63) is 36.4 Å². The fourth-order valence-electron chi connectivity index (χ4n) is 3.18. The average molecular weight is 360 g/mol. The third-order valence-electron chi connectivity index (χ3n) is 4.75. The van der Waals surface area contributed by atoms with Crippen molar-refractivity contribution >= 4 is 5.69 Å². The quantitative estimate of drug-likeness (QED) is 0.773. The second-order valence-corrected chi connectivity index (χ2v) is 6.40. The molecule has 0 spiro atoms. The molecule has 1 saturated heterocycles. The number of nitrogens with zero attached hydrogens (tertiary/aromatic N) is 3. The molecule has 0 amide bonds. The Morgan fingerprint density at radius 2 is 2.04 bits per heavy atom. The van der Waals surface area contributed by atoms with Crippen LogP contribution in [0.4, 0.5) is 10.1 Å². The van der Waals surface area contributed by atoms with Gasteiger partial charge < -0.3 is 20.5 Å². The van der Waals surface area contributed by atoms with Crippen LogP contribution in [0.15, 0.2) is 30.6 Å². The molecule has 6 nitrogen and oxygen atoms in total. The predicted molar refractivity (Wildman–Crippen MR) is 98.4 cm³/mol. The molecule has 0 atom stereocenters. The number of anilines is 1. The Morgan fingerprint density at radius 3 is 2.73 bits per heavy atom. The van der Waals surface area contributed by atoms with Crippen LogP contribution >= 0.6 is 0 Å². The molecule has 1 fully saturated rings. The summed E-state index contributed by atoms with van der Waals surface area (Å²) in [6.07, 6.45) is 6.20. The van der Waals surface area contributed by atoms with E-state index in [1.165, 1.54) is 6.07 Å². The maximum Gasteiger partial charge on any atom is 0.167 e. The van der Waals surface area contributed by atoms with Crippen LogP contribution in [-0.2, 0) is 0 Å². The molecular formula is C19H25FN4O2. The van der Waals surface area contributed by atoms with Gasteiger partial charge >= 0.3 is 0 Å². The Hall–Kier alpha value is -2.27. The van der Waals surface area contributed by atoms with E-state index >= 15 is 0 Å². The molecule has 26 heavy (non-hydrogen) atoms. The van der Waals surface area contributed by atoms with Crippen molar-refractivity contribution in [1.29, 1.82) is 0 Å². The lowest BCUT2D eigenvalue weighted by atomic mass is 9.98. The monoisotopic (exact) mass is 360 g/mol. The molecular weight excluding hydrogens is 335 g/mol. The standard InChI is InChI=1S/C19H25FN4O2/c20-18-13-17(3-4-19(18)26-12-2-1-11-25)22-9-10-24(15-22)23-7-5-16(14-21)6-8-23/h3-4,9-10,13,16,25H,5-8,11-12,14-15,21H2. The van der Waals surface area contributed by atoms with E-state index in [0.717, 1.165) is 38.2 Å². The third kappa shape index (κ3) is 4.47. The van der Waals surface area contributed by atoms with Gasteiger partial charge in [0.05, 0.1) is 0 Å². The highest BCUT2D eigenvalue weighted by molar-refractivity contribution is 5.53. The first-order valence-corrected chi connectivity index (χ1v) is 8.86. The zero-order chi connectivity index (χ0) is 18.4. The number of hydrazine groups is 1. The molecule has 3 N–H and O–H groups in total. The lowest BCUT2D eigenvalue weighted by Crippen LogP contribution is -2.46. The molecule has 2 heterocycles. The summed E-state index contributed by atoms with van der Waals surface area (Å²) in [7, 11) is 0. The maximum absolute atomic E-state index is 14.2. The molecule has 3 rings (SSSR count). The van der Waals surface area contributed by atoms with Crippen LogP contribution in [-0.4, -0.2) is 54.6 Å². The summed E-state index contributed by atoms with van der Waals surface area (Å²) in [5.41, 5.74) is 6.52. The predicted octanol–water partition coefficient (Wildman–Crippen LogP) is 1.34. The summed E-state index contributed by atoms with van der Waals surface area (Å²) in [6, 6.07) is 4.89. The Bertz CT molecular complexity index is 693. The smallest absolute Gasteiger partial charge is 0.167 e. The van der Waals surface area contributed by atoms with E-state index in [2.05, 4.69) is 21.9 Å². The van der Waals surface area contributed by atoms with E-state index < -0.39 is 5.82 Å². The second-order valence-electron chi connectivity index (χ2n) is 6.40. The van der Waals surface area contributed by atoms with Crippen LogP contribution in [0.25, 0.3) is 0 Å². The van der Waals surface area contributed by atoms with Gasteiger partial charge in [-0.05, 0) is 37.4 Å². The first-order chi connectivity index (χ1) is 12.7. The van der Waals surface area contributed by atoms with Gasteiger partial charge in [-0.15, -0.1) is 0 Å². The Morgan fingerprint density at radius 1 is 1.23 bits per heavy atom. The van der Waals surface area contributed by atoms with E-state index in [1.54, 1.807) is 6.07 Å². The average Bonchev–Trinajstić information content (AvgIpc) is 3.16. The van der Waals surface area contributed by atoms with E-state index in [-0.39, 0.29) is 19.0 Å². The highest BCUT2D eigenvalue weighted by atomic mass is 19.1. The van der Waals surface area contributed by atoms with Crippen LogP contribution in [0, 0.1) is 23.6 Å². The van der Waals surface area contributed by atoms with Gasteiger partial charge in [0, 0.05) is 37.2 Å². The van der Waals surface area contributed by atoms with Gasteiger partial charge in [0.25, 0.3) is 0 Å². The molecule has 1 aromatic carbocycles. The third-order valence-corrected chi connectivity index (χ3v) is 4.75. The van der Waals surface area contributed by atoms with Crippen LogP contribution < -0.4 is 15.4 Å². The van der Waals surface area contributed by atoms with Crippen molar-refractivity contribution < 1.29 is 14.2 Å². The largest absolute Gasteiger partial charge is 0.478 e. The fraction of sp³-hybridized carbons (Fsp3) is 0.474. The summed E-state index contributed by atoms with van der Waals surface area (Å²) in [5.74, 6) is 5.41. The lowest BCUT2D eigenvalue weighted by Gasteiger charge is -2.38. The minimum atomic E-state index is -0.427. The summed E-state index contributed by atoms with van der Waals surface area (Å²) in [5, 5.41) is 13.1. The molecule has 0 unspecified atom stereocenters. The van der Waals surface area contributed by atoms with E-state index in [1.807, 2.05) is 23.4 Å². The van der Waals surface area contributed by atoms with Crippen molar-refractivity contribution in [2.24, 2.45) is 11.7 Å². The molecule has 2 aliphatic rings. The molecule has 0 aromatic heterocycles. The maximum atomic E-state index is 14.2. The van der Waals surface area contributed by atoms with Gasteiger partial charge in [-0.25, -0.2) is 9.40 Å². The number of benzene rings is 1. The van der Waals surface area contributed by atoms with Gasteiger partial charge in [-0.3, -0.25) is 5.01 Å². The summed E-state index contributed by atoms with van der Waals surface area (Å²) >= 11 is 0. The highest BCUT2D eigenvalue weighted by Gasteiger charge is 2.25. The number of rotatable bonds is 5. The number of hydrogen-bond donors (Lipinski definition) is 2. The number of nitrogens with two attached hydrogens (primary N) is 1. The zero-order valence-electron chi connectivity index (χ0n) is 14.8. The van der Waals surface area contributed by atoms with Gasteiger partial charge in [0.2, 0.25) is 0 Å². The number of hydrogen-bond acceptors (Lipinski definition) is 6. The normalized spacial score (nSPS) is 18.1. The van der Waals surface area contributed by atoms with Crippen LogP contribution in [0.1, 0.15) is 12.8 Å². The van der Waals surface area contributed by atoms with Crippen molar-refractivity contribution in [1.82, 2.24) is 10.0 Å². The van der Waals surface area contributed by atoms with Crippen LogP contribution in [0.2, 0.25) is 0 Å². The number of aliphatic hydroxyl groups is 1. The van der Waals surface area contributed by atoms with Crippen molar-refractivity contribution in [3.8, 4) is 17.6 Å². The number of piperidine rings is 1. The Kier molecular flexibility index (Phi) is 6.34.